The van der Waals surface area contributed by atoms with E-state index in [1.54, 1.807) is 12.1 Å². The van der Waals surface area contributed by atoms with Crippen molar-refractivity contribution in [2.24, 2.45) is 0 Å². The number of carbonyl (C=O) groups excluding carboxylic acids is 2. The van der Waals surface area contributed by atoms with E-state index in [1.165, 1.54) is 0 Å². The van der Waals surface area contributed by atoms with Crippen LogP contribution in [-0.2, 0) is 4.79 Å². The largest absolute Gasteiger partial charge is 0.355 e. The average molecular weight is 379 g/mol. The second kappa shape index (κ2) is 11.5. The Bertz CT molecular complexity index is 440. The Labute approximate surface area is 139 Å². The highest BCUT2D eigenvalue weighted by Crippen LogP contribution is 2.10. The SMILES string of the molecule is CCNCCNC(=O)CCNC(=O)c1ccc(Br)cc1.Cl. The maximum absolute atomic E-state index is 11.8. The summed E-state index contributed by atoms with van der Waals surface area (Å²) in [5.41, 5.74) is 0.584. The van der Waals surface area contributed by atoms with Crippen LogP contribution in [0.3, 0.4) is 0 Å². The summed E-state index contributed by atoms with van der Waals surface area (Å²) in [5.74, 6) is -0.225. The predicted octanol–water partition coefficient (Wildman–Crippen LogP) is 1.72. The summed E-state index contributed by atoms with van der Waals surface area (Å²) >= 11 is 3.31. The van der Waals surface area contributed by atoms with Crippen molar-refractivity contribution in [3.8, 4) is 0 Å². The minimum atomic E-state index is -0.169. The monoisotopic (exact) mass is 377 g/mol. The number of nitrogens with one attached hydrogen (secondary N) is 3. The van der Waals surface area contributed by atoms with E-state index >= 15 is 0 Å². The number of rotatable bonds is 8. The lowest BCUT2D eigenvalue weighted by atomic mass is 10.2. The van der Waals surface area contributed by atoms with Crippen LogP contribution in [0.1, 0.15) is 23.7 Å². The minimum absolute atomic E-state index is 0. The summed E-state index contributed by atoms with van der Waals surface area (Å²) < 4.78 is 0.925. The molecule has 0 bridgehead atoms. The normalized spacial score (nSPS) is 9.62. The van der Waals surface area contributed by atoms with Crippen LogP contribution in [0.4, 0.5) is 0 Å². The summed E-state index contributed by atoms with van der Waals surface area (Å²) in [5, 5.41) is 8.62. The third-order valence-electron chi connectivity index (χ3n) is 2.62. The van der Waals surface area contributed by atoms with Crippen LogP contribution in [0.2, 0.25) is 0 Å². The van der Waals surface area contributed by atoms with Gasteiger partial charge in [0.1, 0.15) is 0 Å². The topological polar surface area (TPSA) is 70.2 Å². The zero-order valence-corrected chi connectivity index (χ0v) is 14.4. The molecule has 0 heterocycles. The van der Waals surface area contributed by atoms with Crippen LogP contribution >= 0.6 is 28.3 Å². The number of halogens is 2. The molecule has 2 amide bonds. The maximum atomic E-state index is 11.8. The van der Waals surface area contributed by atoms with Crippen LogP contribution in [-0.4, -0.2) is 38.0 Å². The molecule has 5 nitrogen and oxygen atoms in total. The molecule has 0 unspecified atom stereocenters. The van der Waals surface area contributed by atoms with Gasteiger partial charge >= 0.3 is 0 Å². The zero-order chi connectivity index (χ0) is 14.8. The molecule has 1 aromatic carbocycles. The van der Waals surface area contributed by atoms with Crippen molar-refractivity contribution in [2.45, 2.75) is 13.3 Å². The lowest BCUT2D eigenvalue weighted by Crippen LogP contribution is -2.34. The lowest BCUT2D eigenvalue weighted by Gasteiger charge is -2.07. The van der Waals surface area contributed by atoms with Gasteiger partial charge in [-0.25, -0.2) is 0 Å². The van der Waals surface area contributed by atoms with Crippen molar-refractivity contribution in [3.63, 3.8) is 0 Å². The number of carbonyl (C=O) groups is 2. The molecule has 0 fully saturated rings. The van der Waals surface area contributed by atoms with Crippen molar-refractivity contribution in [1.82, 2.24) is 16.0 Å². The van der Waals surface area contributed by atoms with E-state index in [4.69, 9.17) is 0 Å². The van der Waals surface area contributed by atoms with E-state index in [1.807, 2.05) is 19.1 Å². The van der Waals surface area contributed by atoms with Crippen LogP contribution in [0.25, 0.3) is 0 Å². The molecular formula is C14H21BrClN3O2. The van der Waals surface area contributed by atoms with Crippen molar-refractivity contribution in [1.29, 1.82) is 0 Å². The second-order valence-electron chi connectivity index (χ2n) is 4.22. The van der Waals surface area contributed by atoms with E-state index < -0.39 is 0 Å². The van der Waals surface area contributed by atoms with Gasteiger partial charge in [-0.1, -0.05) is 22.9 Å². The van der Waals surface area contributed by atoms with Crippen molar-refractivity contribution < 1.29 is 9.59 Å². The summed E-state index contributed by atoms with van der Waals surface area (Å²) in [6, 6.07) is 7.08. The molecule has 0 aliphatic heterocycles. The van der Waals surface area contributed by atoms with Gasteiger partial charge < -0.3 is 16.0 Å². The van der Waals surface area contributed by atoms with E-state index in [2.05, 4.69) is 31.9 Å². The van der Waals surface area contributed by atoms with Crippen LogP contribution in [0.15, 0.2) is 28.7 Å². The molecule has 7 heteroatoms. The van der Waals surface area contributed by atoms with Gasteiger partial charge in [0.25, 0.3) is 5.91 Å². The van der Waals surface area contributed by atoms with Gasteiger partial charge in [0.05, 0.1) is 0 Å². The van der Waals surface area contributed by atoms with Crippen LogP contribution in [0.5, 0.6) is 0 Å². The molecule has 21 heavy (non-hydrogen) atoms. The third-order valence-corrected chi connectivity index (χ3v) is 3.15. The second-order valence-corrected chi connectivity index (χ2v) is 5.13. The molecule has 1 rings (SSSR count). The van der Waals surface area contributed by atoms with E-state index in [0.29, 0.717) is 18.7 Å². The molecule has 0 spiro atoms. The van der Waals surface area contributed by atoms with Gasteiger partial charge in [-0.15, -0.1) is 12.4 Å². The standard InChI is InChI=1S/C14H20BrN3O2.ClH/c1-2-16-9-10-17-13(19)7-8-18-14(20)11-3-5-12(15)6-4-11;/h3-6,16H,2,7-10H2,1H3,(H,17,19)(H,18,20);1H. The first-order valence-corrected chi connectivity index (χ1v) is 7.44. The first-order chi connectivity index (χ1) is 9.63. The summed E-state index contributed by atoms with van der Waals surface area (Å²) in [4.78, 5) is 23.2. The quantitative estimate of drug-likeness (QED) is 0.603. The van der Waals surface area contributed by atoms with Gasteiger partial charge in [0.2, 0.25) is 5.91 Å². The molecular weight excluding hydrogens is 358 g/mol. The first-order valence-electron chi connectivity index (χ1n) is 6.64. The molecule has 0 atom stereocenters. The Balaban J connectivity index is 0.00000400. The summed E-state index contributed by atoms with van der Waals surface area (Å²) in [6.45, 7) is 4.60. The van der Waals surface area contributed by atoms with E-state index in [0.717, 1.165) is 17.6 Å². The van der Waals surface area contributed by atoms with Crippen molar-refractivity contribution >= 4 is 40.2 Å². The van der Waals surface area contributed by atoms with Crippen molar-refractivity contribution in [3.05, 3.63) is 34.3 Å². The Morgan fingerprint density at radius 3 is 2.33 bits per heavy atom. The molecule has 3 N–H and O–H groups in total. The molecule has 0 radical (unpaired) electrons. The highest BCUT2D eigenvalue weighted by atomic mass is 79.9. The molecule has 0 saturated carbocycles. The van der Waals surface area contributed by atoms with Gasteiger partial charge in [0.15, 0.2) is 0 Å². The highest BCUT2D eigenvalue weighted by Gasteiger charge is 2.06. The molecule has 0 aliphatic rings. The molecule has 0 aromatic heterocycles. The fraction of sp³-hybridized carbons (Fsp3) is 0.429. The number of likely N-dealkylation sites (N-methyl/N-ethyl adjacent to an activating group) is 1. The van der Waals surface area contributed by atoms with Crippen LogP contribution < -0.4 is 16.0 Å². The number of benzene rings is 1. The molecule has 118 valence electrons. The minimum Gasteiger partial charge on any atom is -0.355 e. The average Bonchev–Trinajstić information content (AvgIpc) is 2.44. The maximum Gasteiger partial charge on any atom is 0.251 e. The third kappa shape index (κ3) is 8.70. The van der Waals surface area contributed by atoms with Gasteiger partial charge in [-0.3, -0.25) is 9.59 Å². The summed E-state index contributed by atoms with van der Waals surface area (Å²) in [6.07, 6.45) is 0.286. The lowest BCUT2D eigenvalue weighted by molar-refractivity contribution is -0.120. The number of amides is 2. The Morgan fingerprint density at radius 1 is 1.05 bits per heavy atom. The Morgan fingerprint density at radius 2 is 1.71 bits per heavy atom. The number of hydrogen-bond donors (Lipinski definition) is 3. The Hall–Kier alpha value is -1.11. The summed E-state index contributed by atoms with van der Waals surface area (Å²) in [7, 11) is 0. The number of hydrogen-bond acceptors (Lipinski definition) is 3. The first kappa shape index (κ1) is 19.9. The van der Waals surface area contributed by atoms with Gasteiger partial charge in [-0.05, 0) is 30.8 Å². The Kier molecular flexibility index (Phi) is 10.9. The fourth-order valence-corrected chi connectivity index (χ4v) is 1.81. The molecule has 0 aliphatic carbocycles. The smallest absolute Gasteiger partial charge is 0.251 e. The molecule has 1 aromatic rings. The fourth-order valence-electron chi connectivity index (χ4n) is 1.55. The molecule has 0 saturated heterocycles. The van der Waals surface area contributed by atoms with E-state index in [-0.39, 0.29) is 30.6 Å². The van der Waals surface area contributed by atoms with Gasteiger partial charge in [0, 0.05) is 36.1 Å². The van der Waals surface area contributed by atoms with Gasteiger partial charge in [-0.2, -0.15) is 0 Å². The zero-order valence-electron chi connectivity index (χ0n) is 11.9. The van der Waals surface area contributed by atoms with Crippen molar-refractivity contribution in [2.75, 3.05) is 26.2 Å². The highest BCUT2D eigenvalue weighted by molar-refractivity contribution is 9.10. The van der Waals surface area contributed by atoms with E-state index in [9.17, 15) is 9.59 Å². The predicted molar refractivity (Wildman–Crippen MR) is 89.9 cm³/mol. The van der Waals surface area contributed by atoms with Crippen LogP contribution in [0, 0.1) is 0 Å².